The van der Waals surface area contributed by atoms with Gasteiger partial charge in [0.2, 0.25) is 0 Å². The van der Waals surface area contributed by atoms with Crippen LogP contribution in [0.5, 0.6) is 0 Å². The molecule has 168 valence electrons. The molecule has 0 radical (unpaired) electrons. The topological polar surface area (TPSA) is 88.9 Å². The summed E-state index contributed by atoms with van der Waals surface area (Å²) in [5, 5.41) is 11.9. The van der Waals surface area contributed by atoms with Crippen molar-refractivity contribution in [3.8, 4) is 10.4 Å². The first-order chi connectivity index (χ1) is 16.5. The number of nitrogens with one attached hydrogen (secondary N) is 2. The number of hydrogen-bond donors (Lipinski definition) is 2. The maximum absolute atomic E-state index is 12.7. The Hall–Kier alpha value is -4.30. The Morgan fingerprint density at radius 3 is 2.74 bits per heavy atom. The smallest absolute Gasteiger partial charge is 0.265 e. The van der Waals surface area contributed by atoms with E-state index >= 15 is 0 Å². The van der Waals surface area contributed by atoms with E-state index in [2.05, 4.69) is 20.7 Å². The van der Waals surface area contributed by atoms with Crippen molar-refractivity contribution in [2.24, 2.45) is 7.05 Å². The SMILES string of the molecule is Cn1cc(NC(=O)c2ccc(-c3cccc(CNC(=O)c4ccc5cnccc5c4)c3)s2)cn1. The van der Waals surface area contributed by atoms with E-state index in [9.17, 15) is 9.59 Å². The normalized spacial score (nSPS) is 10.9. The second kappa shape index (κ2) is 9.29. The van der Waals surface area contributed by atoms with E-state index in [1.54, 1.807) is 42.6 Å². The van der Waals surface area contributed by atoms with Gasteiger partial charge in [0.25, 0.3) is 11.8 Å². The van der Waals surface area contributed by atoms with Crippen LogP contribution in [-0.4, -0.2) is 26.6 Å². The molecule has 0 unspecified atom stereocenters. The molecule has 2 N–H and O–H groups in total. The number of fused-ring (bicyclic) bond motifs is 1. The van der Waals surface area contributed by atoms with E-state index in [0.717, 1.165) is 26.8 Å². The summed E-state index contributed by atoms with van der Waals surface area (Å²) in [6.45, 7) is 0.404. The number of thiophene rings is 1. The molecule has 0 atom stereocenters. The number of benzene rings is 2. The second-order valence-corrected chi connectivity index (χ2v) is 8.93. The molecule has 34 heavy (non-hydrogen) atoms. The number of nitrogens with zero attached hydrogens (tertiary/aromatic N) is 3. The van der Waals surface area contributed by atoms with Crippen molar-refractivity contribution in [3.63, 3.8) is 0 Å². The van der Waals surface area contributed by atoms with Crippen molar-refractivity contribution in [1.29, 1.82) is 0 Å². The molecule has 0 aliphatic rings. The zero-order valence-electron chi connectivity index (χ0n) is 18.4. The highest BCUT2D eigenvalue weighted by molar-refractivity contribution is 7.17. The predicted molar refractivity (Wildman–Crippen MR) is 134 cm³/mol. The first-order valence-electron chi connectivity index (χ1n) is 10.7. The molecule has 0 aliphatic heterocycles. The summed E-state index contributed by atoms with van der Waals surface area (Å²) in [7, 11) is 1.80. The van der Waals surface area contributed by atoms with Crippen LogP contribution in [0, 0.1) is 0 Å². The fraction of sp³-hybridized carbons (Fsp3) is 0.0769. The molecule has 3 aromatic heterocycles. The molecule has 3 heterocycles. The summed E-state index contributed by atoms with van der Waals surface area (Å²) in [6.07, 6.45) is 6.85. The number of rotatable bonds is 6. The molecule has 0 bridgehead atoms. The van der Waals surface area contributed by atoms with Crippen LogP contribution in [0.2, 0.25) is 0 Å². The first kappa shape index (κ1) is 21.5. The van der Waals surface area contributed by atoms with E-state index in [-0.39, 0.29) is 11.8 Å². The Balaban J connectivity index is 1.25. The van der Waals surface area contributed by atoms with Gasteiger partial charge >= 0.3 is 0 Å². The minimum absolute atomic E-state index is 0.130. The molecule has 0 fully saturated rings. The maximum Gasteiger partial charge on any atom is 0.265 e. The number of carbonyl (C=O) groups excluding carboxylic acids is 2. The first-order valence-corrected chi connectivity index (χ1v) is 11.5. The van der Waals surface area contributed by atoms with Gasteiger partial charge in [-0.1, -0.05) is 24.3 Å². The standard InChI is InChI=1S/C26H21N5O2S/c1-31-16-22(15-29-31)30-26(33)24-8-7-23(34-24)19-4-2-3-17(11-19)13-28-25(32)20-5-6-21-14-27-10-9-18(21)12-20/h2-12,14-16H,13H2,1H3,(H,28,32)(H,30,33). The molecule has 0 saturated carbocycles. The highest BCUT2D eigenvalue weighted by Crippen LogP contribution is 2.29. The van der Waals surface area contributed by atoms with Crippen LogP contribution >= 0.6 is 11.3 Å². The van der Waals surface area contributed by atoms with Crippen molar-refractivity contribution in [1.82, 2.24) is 20.1 Å². The average Bonchev–Trinajstić information content (AvgIpc) is 3.52. The van der Waals surface area contributed by atoms with E-state index < -0.39 is 0 Å². The maximum atomic E-state index is 12.7. The molecule has 7 nitrogen and oxygen atoms in total. The summed E-state index contributed by atoms with van der Waals surface area (Å²) in [5.74, 6) is -0.298. The largest absolute Gasteiger partial charge is 0.348 e. The number of carbonyl (C=O) groups is 2. The van der Waals surface area contributed by atoms with Gasteiger partial charge in [-0.05, 0) is 52.9 Å². The fourth-order valence-electron chi connectivity index (χ4n) is 3.64. The summed E-state index contributed by atoms with van der Waals surface area (Å²) in [5.41, 5.74) is 3.24. The molecule has 2 aromatic carbocycles. The predicted octanol–water partition coefficient (Wildman–Crippen LogP) is 4.88. The van der Waals surface area contributed by atoms with Crippen LogP contribution in [0.4, 0.5) is 5.69 Å². The van der Waals surface area contributed by atoms with E-state index in [1.165, 1.54) is 11.3 Å². The number of aromatic nitrogens is 3. The lowest BCUT2D eigenvalue weighted by Gasteiger charge is -2.08. The Kier molecular flexibility index (Phi) is 5.88. The summed E-state index contributed by atoms with van der Waals surface area (Å²) in [4.78, 5) is 30.9. The van der Waals surface area contributed by atoms with Gasteiger partial charge in [-0.15, -0.1) is 11.3 Å². The van der Waals surface area contributed by atoms with E-state index in [0.29, 0.717) is 22.7 Å². The van der Waals surface area contributed by atoms with Crippen molar-refractivity contribution >= 4 is 39.6 Å². The Morgan fingerprint density at radius 2 is 1.88 bits per heavy atom. The van der Waals surface area contributed by atoms with Crippen LogP contribution in [0.3, 0.4) is 0 Å². The molecule has 5 rings (SSSR count). The van der Waals surface area contributed by atoms with Gasteiger partial charge in [-0.3, -0.25) is 19.3 Å². The Labute approximate surface area is 200 Å². The Bertz CT molecular complexity index is 1500. The van der Waals surface area contributed by atoms with Gasteiger partial charge in [-0.2, -0.15) is 5.10 Å². The van der Waals surface area contributed by atoms with Crippen molar-refractivity contribution in [2.75, 3.05) is 5.32 Å². The molecule has 2 amide bonds. The molecular weight excluding hydrogens is 446 g/mol. The van der Waals surface area contributed by atoms with Crippen LogP contribution in [0.25, 0.3) is 21.2 Å². The minimum atomic E-state index is -0.168. The lowest BCUT2D eigenvalue weighted by molar-refractivity contribution is 0.0950. The van der Waals surface area contributed by atoms with Crippen LogP contribution in [0.15, 0.2) is 85.5 Å². The molecular formula is C26H21N5O2S. The van der Waals surface area contributed by atoms with Gasteiger partial charge in [0.1, 0.15) is 0 Å². The lowest BCUT2D eigenvalue weighted by atomic mass is 10.1. The molecule has 5 aromatic rings. The summed E-state index contributed by atoms with van der Waals surface area (Å²) < 4.78 is 1.64. The second-order valence-electron chi connectivity index (χ2n) is 7.84. The third-order valence-electron chi connectivity index (χ3n) is 5.36. The van der Waals surface area contributed by atoms with E-state index in [1.807, 2.05) is 54.6 Å². The van der Waals surface area contributed by atoms with Gasteiger partial charge in [0, 0.05) is 48.0 Å². The molecule has 8 heteroatoms. The number of pyridine rings is 1. The zero-order chi connectivity index (χ0) is 23.5. The van der Waals surface area contributed by atoms with Crippen LogP contribution in [0.1, 0.15) is 25.6 Å². The summed E-state index contributed by atoms with van der Waals surface area (Å²) >= 11 is 1.42. The Morgan fingerprint density at radius 1 is 0.971 bits per heavy atom. The zero-order valence-corrected chi connectivity index (χ0v) is 19.2. The minimum Gasteiger partial charge on any atom is -0.348 e. The van der Waals surface area contributed by atoms with Gasteiger partial charge in [-0.25, -0.2) is 0 Å². The molecule has 0 aliphatic carbocycles. The lowest BCUT2D eigenvalue weighted by Crippen LogP contribution is -2.22. The number of aryl methyl sites for hydroxylation is 1. The highest BCUT2D eigenvalue weighted by atomic mass is 32.1. The third-order valence-corrected chi connectivity index (χ3v) is 6.49. The number of hydrogen-bond acceptors (Lipinski definition) is 5. The van der Waals surface area contributed by atoms with Gasteiger partial charge < -0.3 is 10.6 Å². The summed E-state index contributed by atoms with van der Waals surface area (Å²) in [6, 6.07) is 19.2. The van der Waals surface area contributed by atoms with Gasteiger partial charge in [0.15, 0.2) is 0 Å². The quantitative estimate of drug-likeness (QED) is 0.373. The number of amides is 2. The molecule has 0 spiro atoms. The van der Waals surface area contributed by atoms with Crippen molar-refractivity contribution in [2.45, 2.75) is 6.54 Å². The van der Waals surface area contributed by atoms with Crippen LogP contribution in [-0.2, 0) is 13.6 Å². The van der Waals surface area contributed by atoms with Gasteiger partial charge in [0.05, 0.1) is 16.8 Å². The molecule has 0 saturated heterocycles. The van der Waals surface area contributed by atoms with Crippen molar-refractivity contribution in [3.05, 3.63) is 101 Å². The van der Waals surface area contributed by atoms with E-state index in [4.69, 9.17) is 0 Å². The van der Waals surface area contributed by atoms with Crippen LogP contribution < -0.4 is 10.6 Å². The van der Waals surface area contributed by atoms with Crippen molar-refractivity contribution < 1.29 is 9.59 Å². The fourth-order valence-corrected chi connectivity index (χ4v) is 4.53. The number of anilines is 1. The average molecular weight is 468 g/mol. The highest BCUT2D eigenvalue weighted by Gasteiger charge is 2.12. The third kappa shape index (κ3) is 4.72. The monoisotopic (exact) mass is 467 g/mol.